The van der Waals surface area contributed by atoms with E-state index in [0.717, 1.165) is 36.7 Å². The Morgan fingerprint density at radius 1 is 1.58 bits per heavy atom. The van der Waals surface area contributed by atoms with Gasteiger partial charge in [0.15, 0.2) is 0 Å². The van der Waals surface area contributed by atoms with Gasteiger partial charge in [0, 0.05) is 19.5 Å². The average molecular weight is 162 g/mol. The van der Waals surface area contributed by atoms with Gasteiger partial charge < -0.3 is 10.3 Å². The second kappa shape index (κ2) is 2.95. The quantitative estimate of drug-likeness (QED) is 0.616. The van der Waals surface area contributed by atoms with Gasteiger partial charge in [-0.3, -0.25) is 0 Å². The molecule has 0 atom stereocenters. The summed E-state index contributed by atoms with van der Waals surface area (Å²) < 4.78 is 0. The monoisotopic (exact) mass is 162 g/mol. The summed E-state index contributed by atoms with van der Waals surface area (Å²) >= 11 is 0. The van der Waals surface area contributed by atoms with E-state index in [1.54, 1.807) is 0 Å². The van der Waals surface area contributed by atoms with Crippen LogP contribution in [0.3, 0.4) is 0 Å². The maximum absolute atomic E-state index is 8.46. The van der Waals surface area contributed by atoms with E-state index in [0.29, 0.717) is 6.42 Å². The number of nitriles is 1. The standard InChI is InChI=1S/C8H10N4/c9-3-1-8-11-6-2-4-10-5-7(6)12-8/h10H,1-2,4-5H2,(H,11,12). The fourth-order valence-corrected chi connectivity index (χ4v) is 1.44. The van der Waals surface area contributed by atoms with E-state index in [-0.39, 0.29) is 0 Å². The van der Waals surface area contributed by atoms with Crippen molar-refractivity contribution in [2.45, 2.75) is 19.4 Å². The van der Waals surface area contributed by atoms with Crippen LogP contribution in [-0.4, -0.2) is 16.5 Å². The van der Waals surface area contributed by atoms with Gasteiger partial charge in [-0.1, -0.05) is 0 Å². The number of rotatable bonds is 1. The summed E-state index contributed by atoms with van der Waals surface area (Å²) in [6, 6.07) is 2.08. The molecular formula is C8H10N4. The van der Waals surface area contributed by atoms with Crippen molar-refractivity contribution in [1.29, 1.82) is 5.26 Å². The van der Waals surface area contributed by atoms with E-state index < -0.39 is 0 Å². The molecule has 0 saturated carbocycles. The maximum Gasteiger partial charge on any atom is 0.120 e. The predicted octanol–water partition coefficient (Wildman–Crippen LogP) is 0.121. The number of fused-ring (bicyclic) bond motifs is 1. The lowest BCUT2D eigenvalue weighted by Crippen LogP contribution is -2.23. The minimum absolute atomic E-state index is 0.382. The van der Waals surface area contributed by atoms with Gasteiger partial charge in [0.05, 0.1) is 23.9 Å². The molecule has 2 heterocycles. The fraction of sp³-hybridized carbons (Fsp3) is 0.500. The second-order valence-electron chi connectivity index (χ2n) is 2.87. The van der Waals surface area contributed by atoms with E-state index in [1.807, 2.05) is 0 Å². The number of nitrogens with zero attached hydrogens (tertiary/aromatic N) is 2. The molecule has 0 saturated heterocycles. The lowest BCUT2D eigenvalue weighted by atomic mass is 10.2. The van der Waals surface area contributed by atoms with Gasteiger partial charge in [0.1, 0.15) is 5.82 Å². The van der Waals surface area contributed by atoms with E-state index in [4.69, 9.17) is 5.26 Å². The van der Waals surface area contributed by atoms with Crippen LogP contribution in [0.15, 0.2) is 0 Å². The molecule has 1 aliphatic heterocycles. The molecule has 2 N–H and O–H groups in total. The minimum Gasteiger partial charge on any atom is -0.344 e. The molecule has 0 radical (unpaired) electrons. The Labute approximate surface area is 70.6 Å². The average Bonchev–Trinajstić information content (AvgIpc) is 2.47. The van der Waals surface area contributed by atoms with Crippen molar-refractivity contribution in [3.05, 3.63) is 17.2 Å². The van der Waals surface area contributed by atoms with Gasteiger partial charge >= 0.3 is 0 Å². The zero-order valence-corrected chi connectivity index (χ0v) is 6.72. The number of imidazole rings is 1. The Balaban J connectivity index is 2.27. The topological polar surface area (TPSA) is 64.5 Å². The second-order valence-corrected chi connectivity index (χ2v) is 2.87. The van der Waals surface area contributed by atoms with E-state index >= 15 is 0 Å². The molecule has 0 aliphatic carbocycles. The molecule has 0 aromatic carbocycles. The third-order valence-corrected chi connectivity index (χ3v) is 2.00. The molecule has 0 amide bonds. The highest BCUT2D eigenvalue weighted by molar-refractivity contribution is 5.18. The number of hydrogen-bond donors (Lipinski definition) is 2. The first-order chi connectivity index (χ1) is 5.90. The van der Waals surface area contributed by atoms with Crippen LogP contribution in [0.1, 0.15) is 17.2 Å². The molecule has 1 aliphatic rings. The van der Waals surface area contributed by atoms with Gasteiger partial charge in [-0.2, -0.15) is 5.26 Å². The summed E-state index contributed by atoms with van der Waals surface area (Å²) in [5.74, 6) is 0.797. The van der Waals surface area contributed by atoms with E-state index in [9.17, 15) is 0 Å². The Hall–Kier alpha value is -1.34. The first kappa shape index (κ1) is 7.32. The van der Waals surface area contributed by atoms with Gasteiger partial charge in [-0.15, -0.1) is 0 Å². The van der Waals surface area contributed by atoms with Gasteiger partial charge in [-0.05, 0) is 0 Å². The Morgan fingerprint density at radius 3 is 3.25 bits per heavy atom. The van der Waals surface area contributed by atoms with Crippen LogP contribution in [0.2, 0.25) is 0 Å². The van der Waals surface area contributed by atoms with Crippen LogP contribution in [0.4, 0.5) is 0 Å². The Morgan fingerprint density at radius 2 is 2.50 bits per heavy atom. The van der Waals surface area contributed by atoms with Gasteiger partial charge in [0.2, 0.25) is 0 Å². The zero-order valence-electron chi connectivity index (χ0n) is 6.72. The number of H-pyrrole nitrogens is 1. The van der Waals surface area contributed by atoms with Gasteiger partial charge in [-0.25, -0.2) is 4.98 Å². The first-order valence-corrected chi connectivity index (χ1v) is 4.04. The molecule has 62 valence electrons. The molecule has 0 bridgehead atoms. The van der Waals surface area contributed by atoms with Crippen molar-refractivity contribution in [2.24, 2.45) is 0 Å². The first-order valence-electron chi connectivity index (χ1n) is 4.04. The Kier molecular flexibility index (Phi) is 1.80. The van der Waals surface area contributed by atoms with Crippen molar-refractivity contribution >= 4 is 0 Å². The minimum atomic E-state index is 0.382. The van der Waals surface area contributed by atoms with E-state index in [1.165, 1.54) is 0 Å². The third-order valence-electron chi connectivity index (χ3n) is 2.00. The van der Waals surface area contributed by atoms with Gasteiger partial charge in [0.25, 0.3) is 0 Å². The molecule has 1 aromatic rings. The van der Waals surface area contributed by atoms with Crippen molar-refractivity contribution in [1.82, 2.24) is 15.3 Å². The molecular weight excluding hydrogens is 152 g/mol. The largest absolute Gasteiger partial charge is 0.344 e. The van der Waals surface area contributed by atoms with Crippen molar-refractivity contribution in [3.8, 4) is 6.07 Å². The molecule has 2 rings (SSSR count). The van der Waals surface area contributed by atoms with Crippen LogP contribution in [0, 0.1) is 11.3 Å². The molecule has 12 heavy (non-hydrogen) atoms. The number of aromatic nitrogens is 2. The maximum atomic E-state index is 8.46. The predicted molar refractivity (Wildman–Crippen MR) is 43.3 cm³/mol. The summed E-state index contributed by atoms with van der Waals surface area (Å²) in [5, 5.41) is 11.7. The number of aromatic amines is 1. The van der Waals surface area contributed by atoms with Crippen LogP contribution in [-0.2, 0) is 19.4 Å². The normalized spacial score (nSPS) is 15.2. The molecule has 4 nitrogen and oxygen atoms in total. The molecule has 4 heteroatoms. The third kappa shape index (κ3) is 1.19. The van der Waals surface area contributed by atoms with Crippen LogP contribution in [0.5, 0.6) is 0 Å². The van der Waals surface area contributed by atoms with Crippen LogP contribution < -0.4 is 5.32 Å². The summed E-state index contributed by atoms with van der Waals surface area (Å²) in [6.07, 6.45) is 1.35. The van der Waals surface area contributed by atoms with Crippen LogP contribution in [0.25, 0.3) is 0 Å². The van der Waals surface area contributed by atoms with Crippen molar-refractivity contribution in [2.75, 3.05) is 6.54 Å². The lowest BCUT2D eigenvalue weighted by Gasteiger charge is -2.09. The molecule has 1 aromatic heterocycles. The van der Waals surface area contributed by atoms with E-state index in [2.05, 4.69) is 21.4 Å². The molecule has 0 fully saturated rings. The Bertz CT molecular complexity index is 297. The summed E-state index contributed by atoms with van der Waals surface area (Å²) in [5.41, 5.74) is 2.27. The molecule has 0 unspecified atom stereocenters. The highest BCUT2D eigenvalue weighted by atomic mass is 15.0. The highest BCUT2D eigenvalue weighted by Gasteiger charge is 2.12. The number of nitrogens with one attached hydrogen (secondary N) is 2. The van der Waals surface area contributed by atoms with Crippen molar-refractivity contribution in [3.63, 3.8) is 0 Å². The lowest BCUT2D eigenvalue weighted by molar-refractivity contribution is 0.627. The summed E-state index contributed by atoms with van der Waals surface area (Å²) in [7, 11) is 0. The zero-order chi connectivity index (χ0) is 8.39. The SMILES string of the molecule is N#CCc1nc2c([nH]1)CNCC2. The van der Waals surface area contributed by atoms with Crippen LogP contribution >= 0.6 is 0 Å². The smallest absolute Gasteiger partial charge is 0.120 e. The summed E-state index contributed by atoms with van der Waals surface area (Å²) in [4.78, 5) is 7.46. The molecule has 0 spiro atoms. The number of hydrogen-bond acceptors (Lipinski definition) is 3. The summed E-state index contributed by atoms with van der Waals surface area (Å²) in [6.45, 7) is 1.84. The fourth-order valence-electron chi connectivity index (χ4n) is 1.44. The highest BCUT2D eigenvalue weighted by Crippen LogP contribution is 2.10. The van der Waals surface area contributed by atoms with Crippen molar-refractivity contribution < 1.29 is 0 Å².